The molecule has 37 heavy (non-hydrogen) atoms. The minimum absolute atomic E-state index is 0.131. The number of carbonyl (C=O) groups excluding carboxylic acids is 2. The van der Waals surface area contributed by atoms with E-state index in [1.807, 2.05) is 26.8 Å². The monoisotopic (exact) mass is 521 g/mol. The van der Waals surface area contributed by atoms with Crippen LogP contribution in [0.3, 0.4) is 0 Å². The van der Waals surface area contributed by atoms with Gasteiger partial charge < -0.3 is 19.7 Å². The minimum atomic E-state index is -1.04. The molecule has 0 radical (unpaired) electrons. The summed E-state index contributed by atoms with van der Waals surface area (Å²) >= 11 is 6.05. The highest BCUT2D eigenvalue weighted by Gasteiger charge is 2.47. The predicted molar refractivity (Wildman–Crippen MR) is 143 cm³/mol. The molecule has 4 rings (SSSR count). The molecule has 1 aliphatic rings. The highest BCUT2D eigenvalue weighted by atomic mass is 35.5. The summed E-state index contributed by atoms with van der Waals surface area (Å²) < 4.78 is 10.7. The summed E-state index contributed by atoms with van der Waals surface area (Å²) in [5.41, 5.74) is 1.61. The highest BCUT2D eigenvalue weighted by Crippen LogP contribution is 2.45. The lowest BCUT2D eigenvalue weighted by atomic mass is 9.85. The zero-order chi connectivity index (χ0) is 27.1. The van der Waals surface area contributed by atoms with E-state index in [0.717, 1.165) is 5.56 Å². The number of aliphatic hydroxyl groups is 1. The number of ketones is 1. The van der Waals surface area contributed by atoms with Crippen molar-refractivity contribution in [3.05, 3.63) is 87.9 Å². The smallest absolute Gasteiger partial charge is 0.300 e. The number of Topliss-reactive ketones (excluding diaryl/α,β-unsaturated/α-hetero) is 1. The number of nitrogens with zero attached hydrogens (tertiary/aromatic N) is 1. The number of halogens is 1. The summed E-state index contributed by atoms with van der Waals surface area (Å²) in [4.78, 5) is 28.2. The summed E-state index contributed by atoms with van der Waals surface area (Å²) in [6, 6.07) is 15.3. The first-order chi connectivity index (χ1) is 17.5. The lowest BCUT2D eigenvalue weighted by Crippen LogP contribution is -2.29. The van der Waals surface area contributed by atoms with Crippen LogP contribution in [0.25, 0.3) is 5.76 Å². The number of anilines is 1. The Labute approximate surface area is 220 Å². The Balaban J connectivity index is 2.01. The number of phenols is 1. The molecule has 1 unspecified atom stereocenters. The van der Waals surface area contributed by atoms with E-state index < -0.39 is 17.7 Å². The first kappa shape index (κ1) is 26.1. The fraction of sp³-hybridized carbons (Fsp3) is 0.241. The van der Waals surface area contributed by atoms with Crippen LogP contribution in [0, 0.1) is 0 Å². The van der Waals surface area contributed by atoms with Gasteiger partial charge in [0.05, 0.1) is 31.4 Å². The highest BCUT2D eigenvalue weighted by molar-refractivity contribution is 6.51. The topological polar surface area (TPSA) is 96.3 Å². The number of phenolic OH excluding ortho intramolecular Hbond substituents is 1. The van der Waals surface area contributed by atoms with Crippen molar-refractivity contribution in [2.45, 2.75) is 32.2 Å². The fourth-order valence-electron chi connectivity index (χ4n) is 4.40. The number of hydrogen-bond donors (Lipinski definition) is 2. The quantitative estimate of drug-likeness (QED) is 0.243. The van der Waals surface area contributed by atoms with Gasteiger partial charge in [-0.15, -0.1) is 0 Å². The maximum absolute atomic E-state index is 13.5. The Morgan fingerprint density at radius 2 is 1.54 bits per heavy atom. The molecule has 1 amide bonds. The average molecular weight is 522 g/mol. The Bertz CT molecular complexity index is 1400. The average Bonchev–Trinajstić information content (AvgIpc) is 3.13. The zero-order valence-corrected chi connectivity index (χ0v) is 22.0. The van der Waals surface area contributed by atoms with Crippen LogP contribution in [-0.2, 0) is 15.0 Å². The number of methoxy groups -OCH3 is 2. The van der Waals surface area contributed by atoms with Gasteiger partial charge >= 0.3 is 0 Å². The van der Waals surface area contributed by atoms with Crippen molar-refractivity contribution < 1.29 is 29.3 Å². The molecule has 1 fully saturated rings. The maximum Gasteiger partial charge on any atom is 0.300 e. The second kappa shape index (κ2) is 9.82. The van der Waals surface area contributed by atoms with Gasteiger partial charge in [-0.1, -0.05) is 44.5 Å². The summed E-state index contributed by atoms with van der Waals surface area (Å²) in [7, 11) is 2.89. The number of rotatable bonds is 5. The van der Waals surface area contributed by atoms with Crippen molar-refractivity contribution in [1.82, 2.24) is 0 Å². The normalized spacial score (nSPS) is 17.2. The molecule has 8 heteroatoms. The van der Waals surface area contributed by atoms with Crippen LogP contribution >= 0.6 is 11.6 Å². The molecule has 1 atom stereocenters. The van der Waals surface area contributed by atoms with Gasteiger partial charge in [0, 0.05) is 10.7 Å². The third-order valence-electron chi connectivity index (χ3n) is 6.39. The van der Waals surface area contributed by atoms with E-state index in [0.29, 0.717) is 22.0 Å². The Kier molecular flexibility index (Phi) is 6.93. The molecule has 1 saturated heterocycles. The third-order valence-corrected chi connectivity index (χ3v) is 6.64. The van der Waals surface area contributed by atoms with Gasteiger partial charge in [-0.05, 0) is 65.1 Å². The molecule has 3 aromatic carbocycles. The summed E-state index contributed by atoms with van der Waals surface area (Å²) in [6.45, 7) is 6.08. The summed E-state index contributed by atoms with van der Waals surface area (Å²) in [6.07, 6.45) is 0. The van der Waals surface area contributed by atoms with Gasteiger partial charge in [0.15, 0.2) is 11.5 Å². The van der Waals surface area contributed by atoms with E-state index in [2.05, 4.69) is 0 Å². The summed E-state index contributed by atoms with van der Waals surface area (Å²) in [5.74, 6) is -1.66. The number of aliphatic hydroxyl groups excluding tert-OH is 1. The Hall–Kier alpha value is -3.97. The number of aromatic hydroxyl groups is 1. The number of hydrogen-bond acceptors (Lipinski definition) is 6. The second-order valence-electron chi connectivity index (χ2n) is 9.74. The lowest BCUT2D eigenvalue weighted by molar-refractivity contribution is -0.132. The van der Waals surface area contributed by atoms with Crippen molar-refractivity contribution in [1.29, 1.82) is 0 Å². The van der Waals surface area contributed by atoms with Crippen molar-refractivity contribution in [3.63, 3.8) is 0 Å². The molecular weight excluding hydrogens is 494 g/mol. The molecule has 0 aliphatic carbocycles. The van der Waals surface area contributed by atoms with E-state index in [-0.39, 0.29) is 33.8 Å². The van der Waals surface area contributed by atoms with Crippen LogP contribution in [0.5, 0.6) is 17.2 Å². The fourth-order valence-corrected chi connectivity index (χ4v) is 4.52. The Morgan fingerprint density at radius 3 is 2.11 bits per heavy atom. The van der Waals surface area contributed by atoms with Gasteiger partial charge in [-0.2, -0.15) is 0 Å². The van der Waals surface area contributed by atoms with E-state index in [1.165, 1.54) is 31.3 Å². The van der Waals surface area contributed by atoms with Crippen molar-refractivity contribution in [3.8, 4) is 17.2 Å². The van der Waals surface area contributed by atoms with E-state index >= 15 is 0 Å². The largest absolute Gasteiger partial charge is 0.507 e. The molecule has 3 aromatic rings. The number of amides is 1. The van der Waals surface area contributed by atoms with Gasteiger partial charge in [0.25, 0.3) is 11.7 Å². The first-order valence-corrected chi connectivity index (χ1v) is 12.0. The van der Waals surface area contributed by atoms with Crippen LogP contribution in [0.1, 0.15) is 43.5 Å². The number of ether oxygens (including phenoxy) is 2. The first-order valence-electron chi connectivity index (χ1n) is 11.6. The molecule has 0 aromatic heterocycles. The molecule has 192 valence electrons. The SMILES string of the molecule is COc1ccc(C2/C(=C(\O)c3cc(C(C)(C)C)ccc3OC)C(=O)C(=O)N2c2ccc(Cl)cc2)cc1O. The maximum atomic E-state index is 13.5. The van der Waals surface area contributed by atoms with Gasteiger partial charge in [0.1, 0.15) is 11.5 Å². The molecule has 0 saturated carbocycles. The van der Waals surface area contributed by atoms with Gasteiger partial charge in [-0.3, -0.25) is 14.5 Å². The van der Waals surface area contributed by atoms with Gasteiger partial charge in [0.2, 0.25) is 0 Å². The van der Waals surface area contributed by atoms with E-state index in [9.17, 15) is 19.8 Å². The zero-order valence-electron chi connectivity index (χ0n) is 21.2. The molecule has 0 spiro atoms. The number of carbonyl (C=O) groups is 2. The van der Waals surface area contributed by atoms with E-state index in [1.54, 1.807) is 42.5 Å². The second-order valence-corrected chi connectivity index (χ2v) is 10.2. The van der Waals surface area contributed by atoms with Crippen LogP contribution < -0.4 is 14.4 Å². The Morgan fingerprint density at radius 1 is 0.919 bits per heavy atom. The van der Waals surface area contributed by atoms with E-state index in [4.69, 9.17) is 21.1 Å². The van der Waals surface area contributed by atoms with Crippen molar-refractivity contribution >= 4 is 34.7 Å². The number of benzene rings is 3. The van der Waals surface area contributed by atoms with Crippen LogP contribution in [0.4, 0.5) is 5.69 Å². The lowest BCUT2D eigenvalue weighted by Gasteiger charge is -2.26. The standard InChI is InChI=1S/C29H28ClNO6/c1-29(2,3)17-7-13-22(36-4)20(15-17)26(33)24-25(16-6-12-23(37-5)21(32)14-16)31(28(35)27(24)34)19-10-8-18(30)9-11-19/h6-15,25,32-33H,1-5H3/b26-24+. The molecule has 1 heterocycles. The van der Waals surface area contributed by atoms with Crippen LogP contribution in [0.15, 0.2) is 66.2 Å². The molecule has 0 bridgehead atoms. The predicted octanol–water partition coefficient (Wildman–Crippen LogP) is 5.99. The molecule has 1 aliphatic heterocycles. The minimum Gasteiger partial charge on any atom is -0.507 e. The van der Waals surface area contributed by atoms with Gasteiger partial charge in [-0.25, -0.2) is 0 Å². The van der Waals surface area contributed by atoms with Crippen molar-refractivity contribution in [2.24, 2.45) is 0 Å². The van der Waals surface area contributed by atoms with Crippen LogP contribution in [-0.4, -0.2) is 36.1 Å². The molecule has 7 nitrogen and oxygen atoms in total. The van der Waals surface area contributed by atoms with Crippen molar-refractivity contribution in [2.75, 3.05) is 19.1 Å². The van der Waals surface area contributed by atoms with Crippen LogP contribution in [0.2, 0.25) is 5.02 Å². The molecule has 2 N–H and O–H groups in total. The molecular formula is C29H28ClNO6. The third kappa shape index (κ3) is 4.74. The summed E-state index contributed by atoms with van der Waals surface area (Å²) in [5, 5.41) is 22.6.